The Hall–Kier alpha value is -1.42. The molecule has 1 saturated heterocycles. The third-order valence-electron chi connectivity index (χ3n) is 3.55. The molecule has 17 heavy (non-hydrogen) atoms. The van der Waals surface area contributed by atoms with Crippen molar-refractivity contribution in [1.29, 1.82) is 0 Å². The van der Waals surface area contributed by atoms with Crippen molar-refractivity contribution in [2.45, 2.75) is 19.4 Å². The number of pyridine rings is 1. The second-order valence-electron chi connectivity index (χ2n) is 5.22. The molecule has 0 radical (unpaired) electrons. The van der Waals surface area contributed by atoms with Crippen LogP contribution >= 0.6 is 0 Å². The van der Waals surface area contributed by atoms with Crippen LogP contribution in [-0.2, 0) is 0 Å². The minimum Gasteiger partial charge on any atom is -0.354 e. The van der Waals surface area contributed by atoms with Crippen LogP contribution in [0.1, 0.15) is 24.2 Å². The van der Waals surface area contributed by atoms with E-state index in [1.165, 1.54) is 0 Å². The molecule has 0 amide bonds. The second-order valence-corrected chi connectivity index (χ2v) is 5.22. The number of hydrogen-bond donors (Lipinski definition) is 0. The van der Waals surface area contributed by atoms with Crippen molar-refractivity contribution in [1.82, 2.24) is 9.88 Å². The lowest BCUT2D eigenvalue weighted by Gasteiger charge is -2.45. The summed E-state index contributed by atoms with van der Waals surface area (Å²) in [5.74, 6) is 0.955. The van der Waals surface area contributed by atoms with Crippen LogP contribution in [0.4, 0.5) is 5.82 Å². The van der Waals surface area contributed by atoms with Gasteiger partial charge >= 0.3 is 0 Å². The summed E-state index contributed by atoms with van der Waals surface area (Å²) in [5.41, 5.74) is 0.783. The maximum absolute atomic E-state index is 10.6. The van der Waals surface area contributed by atoms with Gasteiger partial charge in [0.05, 0.1) is 0 Å². The molecule has 0 spiro atoms. The van der Waals surface area contributed by atoms with Gasteiger partial charge in [-0.2, -0.15) is 0 Å². The summed E-state index contributed by atoms with van der Waals surface area (Å²) in [6.07, 6.45) is 2.46. The van der Waals surface area contributed by atoms with Gasteiger partial charge in [0, 0.05) is 36.9 Å². The number of hydrogen-bond acceptors (Lipinski definition) is 4. The van der Waals surface area contributed by atoms with Gasteiger partial charge in [-0.1, -0.05) is 0 Å². The molecule has 2 rings (SSSR count). The molecule has 1 aromatic heterocycles. The summed E-state index contributed by atoms with van der Waals surface area (Å²) in [6, 6.07) is 3.74. The number of anilines is 1. The molecular formula is C13H19N3O. The fraction of sp³-hybridized carbons (Fsp3) is 0.538. The third kappa shape index (κ3) is 2.47. The lowest BCUT2D eigenvalue weighted by Crippen LogP contribution is -2.57. The van der Waals surface area contributed by atoms with Gasteiger partial charge in [-0.25, -0.2) is 4.98 Å². The van der Waals surface area contributed by atoms with Crippen LogP contribution in [0.25, 0.3) is 0 Å². The predicted octanol–water partition coefficient (Wildman–Crippen LogP) is 1.42. The van der Waals surface area contributed by atoms with Crippen molar-refractivity contribution < 1.29 is 4.79 Å². The van der Waals surface area contributed by atoms with Crippen LogP contribution < -0.4 is 4.90 Å². The lowest BCUT2D eigenvalue weighted by molar-refractivity contribution is 0.112. The first kappa shape index (κ1) is 12.0. The van der Waals surface area contributed by atoms with Gasteiger partial charge in [0.1, 0.15) is 5.82 Å². The molecule has 0 unspecified atom stereocenters. The van der Waals surface area contributed by atoms with Crippen molar-refractivity contribution in [3.63, 3.8) is 0 Å². The highest BCUT2D eigenvalue weighted by molar-refractivity contribution is 5.74. The molecule has 4 heteroatoms. The molecule has 1 aliphatic rings. The molecule has 0 aromatic carbocycles. The molecule has 92 valence electrons. The van der Waals surface area contributed by atoms with Crippen molar-refractivity contribution in [3.8, 4) is 0 Å². The topological polar surface area (TPSA) is 36.4 Å². The molecule has 0 atom stereocenters. The minimum atomic E-state index is 0.156. The van der Waals surface area contributed by atoms with E-state index in [2.05, 4.69) is 35.7 Å². The monoisotopic (exact) mass is 233 g/mol. The number of aldehydes is 1. The van der Waals surface area contributed by atoms with Crippen molar-refractivity contribution in [2.24, 2.45) is 0 Å². The SMILES string of the molecule is CN1CCN(c2ccc(C=O)cn2)CC1(C)C. The highest BCUT2D eigenvalue weighted by Crippen LogP contribution is 2.22. The van der Waals surface area contributed by atoms with Crippen LogP contribution in [0.5, 0.6) is 0 Å². The minimum absolute atomic E-state index is 0.156. The Labute approximate surface area is 102 Å². The fourth-order valence-corrected chi connectivity index (χ4v) is 2.09. The Bertz CT molecular complexity index is 400. The number of likely N-dealkylation sites (N-methyl/N-ethyl adjacent to an activating group) is 1. The van der Waals surface area contributed by atoms with E-state index in [1.54, 1.807) is 6.20 Å². The lowest BCUT2D eigenvalue weighted by atomic mass is 10.00. The Morgan fingerprint density at radius 2 is 2.12 bits per heavy atom. The van der Waals surface area contributed by atoms with Gasteiger partial charge in [0.15, 0.2) is 6.29 Å². The molecule has 1 aromatic rings. The number of aromatic nitrogens is 1. The largest absolute Gasteiger partial charge is 0.354 e. The molecule has 0 aliphatic carbocycles. The maximum Gasteiger partial charge on any atom is 0.151 e. The number of carbonyl (C=O) groups is 1. The molecule has 0 N–H and O–H groups in total. The highest BCUT2D eigenvalue weighted by atomic mass is 16.1. The van der Waals surface area contributed by atoms with Crippen molar-refractivity contribution in [3.05, 3.63) is 23.9 Å². The smallest absolute Gasteiger partial charge is 0.151 e. The molecule has 1 aliphatic heterocycles. The van der Waals surface area contributed by atoms with E-state index in [1.807, 2.05) is 12.1 Å². The Balaban J connectivity index is 2.15. The van der Waals surface area contributed by atoms with Crippen LogP contribution in [-0.4, -0.2) is 48.4 Å². The molecule has 2 heterocycles. The van der Waals surface area contributed by atoms with Crippen LogP contribution in [0, 0.1) is 0 Å². The van der Waals surface area contributed by atoms with E-state index in [0.717, 1.165) is 31.7 Å². The summed E-state index contributed by atoms with van der Waals surface area (Å²) in [6.45, 7) is 7.44. The van der Waals surface area contributed by atoms with Crippen molar-refractivity contribution in [2.75, 3.05) is 31.6 Å². The Kier molecular flexibility index (Phi) is 3.15. The van der Waals surface area contributed by atoms with Crippen molar-refractivity contribution >= 4 is 12.1 Å². The van der Waals surface area contributed by atoms with Gasteiger partial charge in [-0.15, -0.1) is 0 Å². The van der Waals surface area contributed by atoms with E-state index in [0.29, 0.717) is 5.56 Å². The zero-order valence-electron chi connectivity index (χ0n) is 10.7. The zero-order chi connectivity index (χ0) is 12.5. The number of nitrogens with zero attached hydrogens (tertiary/aromatic N) is 3. The van der Waals surface area contributed by atoms with Gasteiger partial charge in [0.25, 0.3) is 0 Å². The summed E-state index contributed by atoms with van der Waals surface area (Å²) >= 11 is 0. The fourth-order valence-electron chi connectivity index (χ4n) is 2.09. The summed E-state index contributed by atoms with van der Waals surface area (Å²) < 4.78 is 0. The summed E-state index contributed by atoms with van der Waals surface area (Å²) in [5, 5.41) is 0. The first-order valence-electron chi connectivity index (χ1n) is 5.90. The zero-order valence-corrected chi connectivity index (χ0v) is 10.7. The van der Waals surface area contributed by atoms with E-state index < -0.39 is 0 Å². The van der Waals surface area contributed by atoms with E-state index >= 15 is 0 Å². The van der Waals surface area contributed by atoms with Gasteiger partial charge < -0.3 is 4.90 Å². The maximum atomic E-state index is 10.6. The summed E-state index contributed by atoms with van der Waals surface area (Å²) in [7, 11) is 2.15. The number of carbonyl (C=O) groups excluding carboxylic acids is 1. The average molecular weight is 233 g/mol. The number of rotatable bonds is 2. The van der Waals surface area contributed by atoms with E-state index in [-0.39, 0.29) is 5.54 Å². The quantitative estimate of drug-likeness (QED) is 0.724. The van der Waals surface area contributed by atoms with Crippen LogP contribution in [0.15, 0.2) is 18.3 Å². The normalized spacial score (nSPS) is 20.3. The van der Waals surface area contributed by atoms with Gasteiger partial charge in [-0.05, 0) is 33.0 Å². The second kappa shape index (κ2) is 4.45. The first-order valence-corrected chi connectivity index (χ1v) is 5.90. The molecule has 0 bridgehead atoms. The third-order valence-corrected chi connectivity index (χ3v) is 3.55. The highest BCUT2D eigenvalue weighted by Gasteiger charge is 2.31. The predicted molar refractivity (Wildman–Crippen MR) is 68.5 cm³/mol. The standard InChI is InChI=1S/C13H19N3O/c1-13(2)10-16(7-6-15(13)3)12-5-4-11(9-17)8-14-12/h4-5,8-9H,6-7,10H2,1-3H3. The molecule has 4 nitrogen and oxygen atoms in total. The van der Waals surface area contributed by atoms with Crippen LogP contribution in [0.2, 0.25) is 0 Å². The number of piperazine rings is 1. The Morgan fingerprint density at radius 3 is 2.65 bits per heavy atom. The summed E-state index contributed by atoms with van der Waals surface area (Å²) in [4.78, 5) is 19.6. The van der Waals surface area contributed by atoms with E-state index in [9.17, 15) is 4.79 Å². The Morgan fingerprint density at radius 1 is 1.35 bits per heavy atom. The van der Waals surface area contributed by atoms with Gasteiger partial charge in [0.2, 0.25) is 0 Å². The molecule has 1 fully saturated rings. The average Bonchev–Trinajstić information content (AvgIpc) is 2.33. The molecular weight excluding hydrogens is 214 g/mol. The van der Waals surface area contributed by atoms with Crippen LogP contribution in [0.3, 0.4) is 0 Å². The first-order chi connectivity index (χ1) is 8.03. The van der Waals surface area contributed by atoms with E-state index in [4.69, 9.17) is 0 Å². The molecule has 0 saturated carbocycles. The van der Waals surface area contributed by atoms with Gasteiger partial charge in [-0.3, -0.25) is 9.69 Å².